The Kier molecular flexibility index (Phi) is 4.79. The molecule has 0 aromatic rings. The summed E-state index contributed by atoms with van der Waals surface area (Å²) in [5.74, 6) is 0. The summed E-state index contributed by atoms with van der Waals surface area (Å²) in [6.45, 7) is 7.71. The average molecular weight is 254 g/mol. The smallest absolute Gasteiger partial charge is 0.0931 e. The second-order valence-corrected chi connectivity index (χ2v) is 6.26. The minimum Gasteiger partial charge on any atom is -0.393 e. The summed E-state index contributed by atoms with van der Waals surface area (Å²) in [6.07, 6.45) is 3.19. The molecule has 3 unspecified atom stereocenters. The van der Waals surface area contributed by atoms with E-state index in [1.165, 1.54) is 0 Å². The van der Waals surface area contributed by atoms with Gasteiger partial charge in [0.2, 0.25) is 0 Å². The van der Waals surface area contributed by atoms with Gasteiger partial charge in [0, 0.05) is 12.0 Å². The van der Waals surface area contributed by atoms with E-state index in [2.05, 4.69) is 5.73 Å². The Labute approximate surface area is 110 Å². The molecule has 0 aromatic heterocycles. The molecule has 1 rings (SSSR count). The van der Waals surface area contributed by atoms with Gasteiger partial charge in [0.05, 0.1) is 17.8 Å². The van der Waals surface area contributed by atoms with Gasteiger partial charge in [-0.15, -0.1) is 5.73 Å². The van der Waals surface area contributed by atoms with E-state index in [9.17, 15) is 15.3 Å². The van der Waals surface area contributed by atoms with E-state index < -0.39 is 17.8 Å². The lowest BCUT2D eigenvalue weighted by Gasteiger charge is -2.43. The van der Waals surface area contributed by atoms with Gasteiger partial charge in [0.15, 0.2) is 0 Å². The van der Waals surface area contributed by atoms with E-state index in [1.807, 2.05) is 20.8 Å². The Morgan fingerprint density at radius 2 is 2.00 bits per heavy atom. The molecule has 1 aliphatic rings. The highest BCUT2D eigenvalue weighted by Crippen LogP contribution is 2.45. The van der Waals surface area contributed by atoms with Crippen LogP contribution < -0.4 is 0 Å². The summed E-state index contributed by atoms with van der Waals surface area (Å²) in [6, 6.07) is 0. The summed E-state index contributed by atoms with van der Waals surface area (Å²) in [5.41, 5.74) is 2.51. The molecule has 1 aliphatic carbocycles. The van der Waals surface area contributed by atoms with Gasteiger partial charge >= 0.3 is 0 Å². The molecule has 1 saturated carbocycles. The summed E-state index contributed by atoms with van der Waals surface area (Å²) >= 11 is 0. The van der Waals surface area contributed by atoms with Crippen molar-refractivity contribution in [3.63, 3.8) is 0 Å². The van der Waals surface area contributed by atoms with Crippen LogP contribution in [0.5, 0.6) is 0 Å². The van der Waals surface area contributed by atoms with Gasteiger partial charge in [-0.3, -0.25) is 0 Å². The van der Waals surface area contributed by atoms with Gasteiger partial charge < -0.3 is 15.3 Å². The van der Waals surface area contributed by atoms with Gasteiger partial charge in [0.25, 0.3) is 0 Å². The molecule has 0 aromatic carbocycles. The topological polar surface area (TPSA) is 60.7 Å². The number of aliphatic hydroxyl groups is 3. The van der Waals surface area contributed by atoms with Crippen LogP contribution in [0.3, 0.4) is 0 Å². The Morgan fingerprint density at radius 1 is 1.39 bits per heavy atom. The quantitative estimate of drug-likeness (QED) is 0.676. The van der Waals surface area contributed by atoms with Crippen molar-refractivity contribution < 1.29 is 15.3 Å². The van der Waals surface area contributed by atoms with Crippen LogP contribution in [0.15, 0.2) is 17.4 Å². The van der Waals surface area contributed by atoms with E-state index in [0.717, 1.165) is 12.0 Å². The molecule has 0 amide bonds. The largest absolute Gasteiger partial charge is 0.393 e. The van der Waals surface area contributed by atoms with Crippen LogP contribution in [0.1, 0.15) is 53.4 Å². The first-order chi connectivity index (χ1) is 8.19. The minimum absolute atomic E-state index is 0.302. The molecule has 0 heterocycles. The van der Waals surface area contributed by atoms with Crippen molar-refractivity contribution in [2.24, 2.45) is 5.41 Å². The first-order valence-corrected chi connectivity index (χ1v) is 6.75. The molecule has 0 radical (unpaired) electrons. The zero-order valence-corrected chi connectivity index (χ0v) is 11.9. The fraction of sp³-hybridized carbons (Fsp3) is 0.800. The van der Waals surface area contributed by atoms with E-state index in [1.54, 1.807) is 13.0 Å². The number of hydrogen-bond acceptors (Lipinski definition) is 3. The molecule has 104 valence electrons. The second-order valence-electron chi connectivity index (χ2n) is 6.26. The van der Waals surface area contributed by atoms with Crippen molar-refractivity contribution in [1.29, 1.82) is 0 Å². The third-order valence-corrected chi connectivity index (χ3v) is 3.60. The highest BCUT2D eigenvalue weighted by Gasteiger charge is 2.44. The summed E-state index contributed by atoms with van der Waals surface area (Å²) in [5, 5.41) is 29.9. The average Bonchev–Trinajstić information content (AvgIpc) is 2.12. The zero-order chi connectivity index (χ0) is 14.0. The van der Waals surface area contributed by atoms with Crippen LogP contribution in [-0.2, 0) is 0 Å². The first-order valence-electron chi connectivity index (χ1n) is 6.75. The monoisotopic (exact) mass is 254 g/mol. The van der Waals surface area contributed by atoms with Crippen LogP contribution >= 0.6 is 0 Å². The van der Waals surface area contributed by atoms with Crippen LogP contribution in [0.4, 0.5) is 0 Å². The minimum atomic E-state index is -1.05. The lowest BCUT2D eigenvalue weighted by Crippen LogP contribution is -2.45. The van der Waals surface area contributed by atoms with Crippen molar-refractivity contribution in [2.75, 3.05) is 0 Å². The molecule has 0 spiro atoms. The molecule has 1 fully saturated rings. The van der Waals surface area contributed by atoms with E-state index in [0.29, 0.717) is 19.3 Å². The van der Waals surface area contributed by atoms with Crippen molar-refractivity contribution in [1.82, 2.24) is 0 Å². The maximum Gasteiger partial charge on any atom is 0.0931 e. The van der Waals surface area contributed by atoms with Crippen molar-refractivity contribution in [3.8, 4) is 0 Å². The third kappa shape index (κ3) is 3.69. The molecule has 3 N–H and O–H groups in total. The van der Waals surface area contributed by atoms with Gasteiger partial charge in [0.1, 0.15) is 0 Å². The lowest BCUT2D eigenvalue weighted by molar-refractivity contribution is -0.0268. The third-order valence-electron chi connectivity index (χ3n) is 3.60. The number of rotatable bonds is 3. The normalized spacial score (nSPS) is 32.8. The fourth-order valence-electron chi connectivity index (χ4n) is 2.96. The Hall–Kier alpha value is -0.600. The first kappa shape index (κ1) is 15.5. The molecule has 0 saturated heterocycles. The predicted octanol–water partition coefficient (Wildman–Crippen LogP) is 2.16. The molecule has 3 heteroatoms. The summed E-state index contributed by atoms with van der Waals surface area (Å²) in [7, 11) is 0. The van der Waals surface area contributed by atoms with Crippen molar-refractivity contribution >= 4 is 0 Å². The van der Waals surface area contributed by atoms with Gasteiger partial charge in [-0.05, 0) is 31.3 Å². The van der Waals surface area contributed by atoms with Gasteiger partial charge in [-0.2, -0.15) is 0 Å². The molecule has 0 aliphatic heterocycles. The lowest BCUT2D eigenvalue weighted by atomic mass is 9.65. The van der Waals surface area contributed by atoms with Crippen LogP contribution in [-0.4, -0.2) is 33.1 Å². The van der Waals surface area contributed by atoms with Crippen molar-refractivity contribution in [2.45, 2.75) is 71.2 Å². The molecule has 3 atom stereocenters. The van der Waals surface area contributed by atoms with Gasteiger partial charge in [-0.25, -0.2) is 0 Å². The Balaban J connectivity index is 3.06. The molecule has 3 nitrogen and oxygen atoms in total. The zero-order valence-electron chi connectivity index (χ0n) is 11.9. The van der Waals surface area contributed by atoms with Crippen molar-refractivity contribution in [3.05, 3.63) is 17.4 Å². The predicted molar refractivity (Wildman–Crippen MR) is 72.2 cm³/mol. The van der Waals surface area contributed by atoms with E-state index in [4.69, 9.17) is 0 Å². The second kappa shape index (κ2) is 5.58. The summed E-state index contributed by atoms with van der Waals surface area (Å²) in [4.78, 5) is 0. The highest BCUT2D eigenvalue weighted by molar-refractivity contribution is 5.26. The van der Waals surface area contributed by atoms with E-state index in [-0.39, 0.29) is 5.41 Å². The molecular formula is C15H26O3. The maximum atomic E-state index is 10.4. The fourth-order valence-corrected chi connectivity index (χ4v) is 2.96. The Morgan fingerprint density at radius 3 is 2.50 bits per heavy atom. The van der Waals surface area contributed by atoms with Gasteiger partial charge in [-0.1, -0.05) is 27.2 Å². The van der Waals surface area contributed by atoms with Crippen LogP contribution in [0.25, 0.3) is 0 Å². The maximum absolute atomic E-state index is 10.4. The standard InChI is InChI=1S/C15H26O3/c1-5-6-11(16)7-8-13-14(2,3)9-12(17)10-15(13,4)18/h7,11-12,16-18H,5-6,9-10H2,1-4H3. The molecule has 18 heavy (non-hydrogen) atoms. The highest BCUT2D eigenvalue weighted by atomic mass is 16.3. The molecule has 0 bridgehead atoms. The summed E-state index contributed by atoms with van der Waals surface area (Å²) < 4.78 is 0. The number of aliphatic hydroxyl groups excluding tert-OH is 2. The van der Waals surface area contributed by atoms with Crippen LogP contribution in [0.2, 0.25) is 0 Å². The molecular weight excluding hydrogens is 228 g/mol. The number of hydrogen-bond donors (Lipinski definition) is 3. The van der Waals surface area contributed by atoms with E-state index >= 15 is 0 Å². The van der Waals surface area contributed by atoms with Crippen LogP contribution in [0, 0.1) is 5.41 Å². The SMILES string of the molecule is CCCC(O)C=C=C1C(C)(C)CC(O)CC1(C)O. The Bertz CT molecular complexity index is 329.